The molecule has 0 saturated heterocycles. The third kappa shape index (κ3) is 5.06. The van der Waals surface area contributed by atoms with E-state index in [1.807, 2.05) is 6.07 Å². The Morgan fingerprint density at radius 2 is 1.83 bits per heavy atom. The molecular weight excluding hydrogens is 322 g/mol. The van der Waals surface area contributed by atoms with Crippen LogP contribution in [0.3, 0.4) is 0 Å². The van der Waals surface area contributed by atoms with Gasteiger partial charge in [0.2, 0.25) is 0 Å². The molecular formula is C18H29N3O2S. The fourth-order valence-electron chi connectivity index (χ4n) is 2.33. The number of H-pyrrole nitrogens is 2. The van der Waals surface area contributed by atoms with Gasteiger partial charge in [-0.2, -0.15) is 0 Å². The highest BCUT2D eigenvalue weighted by Crippen LogP contribution is 2.32. The molecule has 2 aromatic rings. The number of rotatable bonds is 5. The second-order valence-electron chi connectivity index (χ2n) is 8.32. The van der Waals surface area contributed by atoms with E-state index in [0.29, 0.717) is 17.1 Å². The predicted molar refractivity (Wildman–Crippen MR) is 101 cm³/mol. The first-order chi connectivity index (χ1) is 11.0. The number of fused-ring (bicyclic) bond motifs is 1. The molecule has 0 saturated carbocycles. The lowest BCUT2D eigenvalue weighted by Crippen LogP contribution is -2.42. The maximum absolute atomic E-state index is 10.2. The topological polar surface area (TPSA) is 73.1 Å². The molecule has 0 spiro atoms. The lowest BCUT2D eigenvalue weighted by Gasteiger charge is -2.23. The number of hydrogen-bond acceptors (Lipinski definition) is 4. The van der Waals surface area contributed by atoms with Gasteiger partial charge >= 0.3 is 0 Å². The van der Waals surface area contributed by atoms with Gasteiger partial charge in [0.05, 0.1) is 5.52 Å². The van der Waals surface area contributed by atoms with Crippen molar-refractivity contribution in [2.24, 2.45) is 0 Å². The van der Waals surface area contributed by atoms with Gasteiger partial charge in [-0.3, -0.25) is 0 Å². The van der Waals surface area contributed by atoms with Gasteiger partial charge < -0.3 is 25.1 Å². The molecule has 5 nitrogen and oxygen atoms in total. The van der Waals surface area contributed by atoms with Gasteiger partial charge in [0.15, 0.2) is 4.77 Å². The van der Waals surface area contributed by atoms with Crippen LogP contribution in [0.25, 0.3) is 11.0 Å². The van der Waals surface area contributed by atoms with Gasteiger partial charge in [0.25, 0.3) is 0 Å². The van der Waals surface area contributed by atoms with E-state index in [1.165, 1.54) is 0 Å². The van der Waals surface area contributed by atoms with Gasteiger partial charge in [0.1, 0.15) is 24.0 Å². The van der Waals surface area contributed by atoms with Crippen LogP contribution >= 0.6 is 12.2 Å². The number of aliphatic hydroxyl groups excluding tert-OH is 1. The Kier molecular flexibility index (Phi) is 5.42. The number of ether oxygens (including phenoxy) is 1. The van der Waals surface area contributed by atoms with Crippen LogP contribution in [0.15, 0.2) is 12.1 Å². The molecule has 2 rings (SSSR count). The lowest BCUT2D eigenvalue weighted by atomic mass is 9.86. The molecule has 0 aliphatic rings. The van der Waals surface area contributed by atoms with Crippen molar-refractivity contribution in [2.75, 3.05) is 13.2 Å². The minimum Gasteiger partial charge on any atom is -0.489 e. The number of β-amino-alcohol motifs (C(OH)–C–C–N with tert-alkyl or cyclic N) is 1. The van der Waals surface area contributed by atoms with Gasteiger partial charge in [-0.25, -0.2) is 0 Å². The van der Waals surface area contributed by atoms with Crippen LogP contribution in [0.1, 0.15) is 47.1 Å². The summed E-state index contributed by atoms with van der Waals surface area (Å²) in [5, 5.41) is 13.4. The highest BCUT2D eigenvalue weighted by molar-refractivity contribution is 7.71. The van der Waals surface area contributed by atoms with E-state index in [2.05, 4.69) is 62.9 Å². The Morgan fingerprint density at radius 3 is 2.42 bits per heavy atom. The highest BCUT2D eigenvalue weighted by atomic mass is 32.1. The molecule has 6 heteroatoms. The quantitative estimate of drug-likeness (QED) is 0.621. The Hall–Kier alpha value is -1.37. The van der Waals surface area contributed by atoms with Crippen molar-refractivity contribution >= 4 is 23.3 Å². The summed E-state index contributed by atoms with van der Waals surface area (Å²) >= 11 is 5.20. The molecule has 1 aromatic heterocycles. The number of benzene rings is 1. The van der Waals surface area contributed by atoms with Crippen LogP contribution in [0.2, 0.25) is 0 Å². The van der Waals surface area contributed by atoms with Gasteiger partial charge in [-0.05, 0) is 56.1 Å². The Balaban J connectivity index is 2.19. The number of aliphatic hydroxyl groups is 1. The third-order valence-corrected chi connectivity index (χ3v) is 3.96. The molecule has 0 aliphatic carbocycles. The van der Waals surface area contributed by atoms with Crippen LogP contribution in [-0.2, 0) is 5.41 Å². The zero-order valence-electron chi connectivity index (χ0n) is 15.4. The fourth-order valence-corrected chi connectivity index (χ4v) is 2.54. The van der Waals surface area contributed by atoms with Crippen molar-refractivity contribution in [1.29, 1.82) is 0 Å². The maximum atomic E-state index is 10.2. The van der Waals surface area contributed by atoms with Crippen LogP contribution < -0.4 is 10.1 Å². The summed E-state index contributed by atoms with van der Waals surface area (Å²) < 4.78 is 6.47. The predicted octanol–water partition coefficient (Wildman–Crippen LogP) is 3.65. The Labute approximate surface area is 148 Å². The Morgan fingerprint density at radius 1 is 1.17 bits per heavy atom. The number of aromatic amines is 2. The lowest BCUT2D eigenvalue weighted by molar-refractivity contribution is 0.101. The zero-order chi connectivity index (χ0) is 18.1. The minimum atomic E-state index is -0.584. The second-order valence-corrected chi connectivity index (χ2v) is 8.73. The molecule has 1 heterocycles. The van der Waals surface area contributed by atoms with E-state index < -0.39 is 6.10 Å². The van der Waals surface area contributed by atoms with Crippen molar-refractivity contribution in [3.8, 4) is 5.75 Å². The van der Waals surface area contributed by atoms with Crippen LogP contribution in [0.4, 0.5) is 0 Å². The highest BCUT2D eigenvalue weighted by Gasteiger charge is 2.19. The Bertz CT molecular complexity index is 750. The molecule has 0 amide bonds. The van der Waals surface area contributed by atoms with Crippen LogP contribution in [0.5, 0.6) is 5.75 Å². The third-order valence-electron chi connectivity index (χ3n) is 3.75. The number of aromatic nitrogens is 2. The van der Waals surface area contributed by atoms with Gasteiger partial charge in [0, 0.05) is 12.1 Å². The van der Waals surface area contributed by atoms with E-state index >= 15 is 0 Å². The minimum absolute atomic E-state index is 0.00850. The number of nitrogens with one attached hydrogen (secondary N) is 3. The average molecular weight is 352 g/mol. The summed E-state index contributed by atoms with van der Waals surface area (Å²) in [5.74, 6) is 0.708. The number of imidazole rings is 1. The first-order valence-corrected chi connectivity index (χ1v) is 8.69. The van der Waals surface area contributed by atoms with Crippen molar-refractivity contribution in [3.05, 3.63) is 22.5 Å². The molecule has 24 heavy (non-hydrogen) atoms. The molecule has 1 atom stereocenters. The first kappa shape index (κ1) is 19.0. The molecule has 1 aromatic carbocycles. The number of hydrogen-bond donors (Lipinski definition) is 4. The summed E-state index contributed by atoms with van der Waals surface area (Å²) in [5.41, 5.74) is 2.86. The molecule has 4 N–H and O–H groups in total. The largest absolute Gasteiger partial charge is 0.489 e. The van der Waals surface area contributed by atoms with Crippen molar-refractivity contribution in [2.45, 2.75) is 58.6 Å². The van der Waals surface area contributed by atoms with Gasteiger partial charge in [-0.15, -0.1) is 0 Å². The molecule has 0 aliphatic heterocycles. The second kappa shape index (κ2) is 6.86. The average Bonchev–Trinajstić information content (AvgIpc) is 2.80. The van der Waals surface area contributed by atoms with Crippen LogP contribution in [-0.4, -0.2) is 39.9 Å². The summed E-state index contributed by atoms with van der Waals surface area (Å²) in [4.78, 5) is 6.27. The monoisotopic (exact) mass is 351 g/mol. The summed E-state index contributed by atoms with van der Waals surface area (Å²) in [6, 6.07) is 4.11. The van der Waals surface area contributed by atoms with E-state index in [9.17, 15) is 5.11 Å². The van der Waals surface area contributed by atoms with Gasteiger partial charge in [-0.1, -0.05) is 20.8 Å². The summed E-state index contributed by atoms with van der Waals surface area (Å²) in [6.07, 6.45) is -0.584. The molecule has 0 fully saturated rings. The standard InChI is InChI=1S/C18H29N3O2S/c1-17(2,3)11-7-13-15(21-16(24)20-13)14(8-11)23-10-12(22)9-19-18(4,5)6/h7-8,12,19,22H,9-10H2,1-6H3,(H2,20,21,24). The normalized spacial score (nSPS) is 14.1. The van der Waals surface area contributed by atoms with Crippen molar-refractivity contribution in [3.63, 3.8) is 0 Å². The first-order valence-electron chi connectivity index (χ1n) is 8.28. The summed E-state index contributed by atoms with van der Waals surface area (Å²) in [6.45, 7) is 13.4. The molecule has 134 valence electrons. The van der Waals surface area contributed by atoms with Crippen LogP contribution in [0, 0.1) is 4.77 Å². The fraction of sp³-hybridized carbons (Fsp3) is 0.611. The molecule has 0 radical (unpaired) electrons. The van der Waals surface area contributed by atoms with E-state index in [-0.39, 0.29) is 17.6 Å². The maximum Gasteiger partial charge on any atom is 0.175 e. The SMILES string of the molecule is CC(C)(C)NCC(O)COc1cc(C(C)(C)C)cc2[nH]c(=S)[nH]c12. The van der Waals surface area contributed by atoms with Crippen molar-refractivity contribution in [1.82, 2.24) is 15.3 Å². The molecule has 1 unspecified atom stereocenters. The smallest absolute Gasteiger partial charge is 0.175 e. The molecule has 0 bridgehead atoms. The van der Waals surface area contributed by atoms with E-state index in [0.717, 1.165) is 16.6 Å². The summed E-state index contributed by atoms with van der Waals surface area (Å²) in [7, 11) is 0. The van der Waals surface area contributed by atoms with E-state index in [4.69, 9.17) is 17.0 Å². The van der Waals surface area contributed by atoms with E-state index in [1.54, 1.807) is 0 Å². The van der Waals surface area contributed by atoms with Crippen molar-refractivity contribution < 1.29 is 9.84 Å². The zero-order valence-corrected chi connectivity index (χ0v) is 16.2.